The van der Waals surface area contributed by atoms with Crippen molar-refractivity contribution < 1.29 is 0 Å². The summed E-state index contributed by atoms with van der Waals surface area (Å²) >= 11 is 7.72. The molecule has 0 aromatic heterocycles. The van der Waals surface area contributed by atoms with Crippen molar-refractivity contribution in [2.45, 2.75) is 31.7 Å². The quantitative estimate of drug-likeness (QED) is 0.817. The van der Waals surface area contributed by atoms with Crippen LogP contribution in [-0.4, -0.2) is 18.8 Å². The molecule has 1 aromatic carbocycles. The largest absolute Gasteiger partial charge is 0.316 e. The van der Waals surface area contributed by atoms with Gasteiger partial charge in [-0.3, -0.25) is 0 Å². The van der Waals surface area contributed by atoms with E-state index in [1.165, 1.54) is 4.90 Å². The van der Waals surface area contributed by atoms with Gasteiger partial charge in [0.25, 0.3) is 0 Å². The summed E-state index contributed by atoms with van der Waals surface area (Å²) in [5.74, 6) is 1.07. The number of hydrogen-bond acceptors (Lipinski definition) is 2. The van der Waals surface area contributed by atoms with Gasteiger partial charge in [-0.1, -0.05) is 32.4 Å². The monoisotopic (exact) mass is 257 g/mol. The van der Waals surface area contributed by atoms with E-state index in [0.29, 0.717) is 6.04 Å². The minimum Gasteiger partial charge on any atom is -0.316 e. The van der Waals surface area contributed by atoms with Gasteiger partial charge in [0.1, 0.15) is 0 Å². The first kappa shape index (κ1) is 13.9. The number of thioether (sulfide) groups is 1. The van der Waals surface area contributed by atoms with Crippen LogP contribution in [0.15, 0.2) is 29.2 Å². The summed E-state index contributed by atoms with van der Waals surface area (Å²) in [6, 6.07) is 8.53. The number of benzene rings is 1. The standard InChI is InChI=1S/C13H20ClNS/c1-13(2,3)12(15-4)9-16-11-7-5-10(14)6-8-11/h5-8,12,15H,9H2,1-4H3. The van der Waals surface area contributed by atoms with Crippen LogP contribution in [0.1, 0.15) is 20.8 Å². The van der Waals surface area contributed by atoms with Gasteiger partial charge in [-0.2, -0.15) is 0 Å². The van der Waals surface area contributed by atoms with E-state index in [1.54, 1.807) is 0 Å². The van der Waals surface area contributed by atoms with E-state index in [-0.39, 0.29) is 5.41 Å². The molecule has 0 aliphatic heterocycles. The highest BCUT2D eigenvalue weighted by molar-refractivity contribution is 7.99. The Hall–Kier alpha value is -0.180. The number of halogens is 1. The summed E-state index contributed by atoms with van der Waals surface area (Å²) in [6.45, 7) is 6.78. The SMILES string of the molecule is CNC(CSc1ccc(Cl)cc1)C(C)(C)C. The van der Waals surface area contributed by atoms with Crippen molar-refractivity contribution >= 4 is 23.4 Å². The Morgan fingerprint density at radius 1 is 1.25 bits per heavy atom. The predicted molar refractivity (Wildman–Crippen MR) is 74.5 cm³/mol. The molecule has 1 N–H and O–H groups in total. The van der Waals surface area contributed by atoms with Crippen molar-refractivity contribution in [2.75, 3.05) is 12.8 Å². The molecule has 0 fully saturated rings. The summed E-state index contributed by atoms with van der Waals surface area (Å²) in [7, 11) is 2.03. The van der Waals surface area contributed by atoms with Crippen LogP contribution in [0.2, 0.25) is 5.02 Å². The van der Waals surface area contributed by atoms with Gasteiger partial charge in [0.15, 0.2) is 0 Å². The van der Waals surface area contributed by atoms with E-state index in [0.717, 1.165) is 10.8 Å². The van der Waals surface area contributed by atoms with E-state index in [9.17, 15) is 0 Å². The zero-order chi connectivity index (χ0) is 12.2. The second kappa shape index (κ2) is 5.95. The van der Waals surface area contributed by atoms with Gasteiger partial charge in [0.05, 0.1) is 0 Å². The second-order valence-electron chi connectivity index (χ2n) is 4.97. The van der Waals surface area contributed by atoms with Crippen molar-refractivity contribution in [2.24, 2.45) is 5.41 Å². The average Bonchev–Trinajstić information content (AvgIpc) is 2.19. The average molecular weight is 258 g/mol. The molecular weight excluding hydrogens is 238 g/mol. The Morgan fingerprint density at radius 2 is 1.81 bits per heavy atom. The van der Waals surface area contributed by atoms with Crippen LogP contribution < -0.4 is 5.32 Å². The molecule has 0 aliphatic rings. The zero-order valence-electron chi connectivity index (χ0n) is 10.4. The van der Waals surface area contributed by atoms with E-state index in [2.05, 4.69) is 38.2 Å². The maximum Gasteiger partial charge on any atom is 0.0406 e. The lowest BCUT2D eigenvalue weighted by Gasteiger charge is -2.30. The van der Waals surface area contributed by atoms with Crippen LogP contribution in [0.4, 0.5) is 0 Å². The van der Waals surface area contributed by atoms with Crippen molar-refractivity contribution in [3.05, 3.63) is 29.3 Å². The topological polar surface area (TPSA) is 12.0 Å². The molecule has 0 radical (unpaired) electrons. The fourth-order valence-corrected chi connectivity index (χ4v) is 2.96. The Morgan fingerprint density at radius 3 is 2.25 bits per heavy atom. The van der Waals surface area contributed by atoms with Gasteiger partial charge in [0, 0.05) is 21.7 Å². The van der Waals surface area contributed by atoms with Gasteiger partial charge in [-0.15, -0.1) is 11.8 Å². The van der Waals surface area contributed by atoms with Gasteiger partial charge in [-0.25, -0.2) is 0 Å². The predicted octanol–water partition coefficient (Wildman–Crippen LogP) is 4.07. The van der Waals surface area contributed by atoms with Crippen LogP contribution in [0, 0.1) is 5.41 Å². The normalized spacial score (nSPS) is 13.8. The van der Waals surface area contributed by atoms with Gasteiger partial charge in [0.2, 0.25) is 0 Å². The van der Waals surface area contributed by atoms with Crippen LogP contribution in [0.25, 0.3) is 0 Å². The Labute approximate surface area is 108 Å². The Bertz CT molecular complexity index is 316. The van der Waals surface area contributed by atoms with Crippen LogP contribution in [-0.2, 0) is 0 Å². The van der Waals surface area contributed by atoms with E-state index in [4.69, 9.17) is 11.6 Å². The van der Waals surface area contributed by atoms with Crippen molar-refractivity contribution in [3.8, 4) is 0 Å². The molecule has 0 bridgehead atoms. The van der Waals surface area contributed by atoms with Crippen molar-refractivity contribution in [1.82, 2.24) is 5.32 Å². The molecule has 0 saturated carbocycles. The molecule has 1 atom stereocenters. The maximum absolute atomic E-state index is 5.85. The molecule has 1 rings (SSSR count). The van der Waals surface area contributed by atoms with Crippen LogP contribution in [0.5, 0.6) is 0 Å². The first-order valence-corrected chi connectivity index (χ1v) is 6.85. The molecule has 1 nitrogen and oxygen atoms in total. The Balaban J connectivity index is 2.53. The molecular formula is C13H20ClNS. The molecule has 3 heteroatoms. The van der Waals surface area contributed by atoms with Crippen LogP contribution in [0.3, 0.4) is 0 Å². The molecule has 0 amide bonds. The second-order valence-corrected chi connectivity index (χ2v) is 6.50. The third kappa shape index (κ3) is 4.36. The third-order valence-corrected chi connectivity index (χ3v) is 3.98. The lowest BCUT2D eigenvalue weighted by molar-refractivity contribution is 0.305. The molecule has 90 valence electrons. The smallest absolute Gasteiger partial charge is 0.0406 e. The summed E-state index contributed by atoms with van der Waals surface area (Å²) < 4.78 is 0. The minimum absolute atomic E-state index is 0.286. The van der Waals surface area contributed by atoms with E-state index >= 15 is 0 Å². The lowest BCUT2D eigenvalue weighted by Crippen LogP contribution is -2.40. The highest BCUT2D eigenvalue weighted by Crippen LogP contribution is 2.27. The van der Waals surface area contributed by atoms with Gasteiger partial charge < -0.3 is 5.32 Å². The molecule has 0 aliphatic carbocycles. The van der Waals surface area contributed by atoms with E-state index in [1.807, 2.05) is 30.9 Å². The maximum atomic E-state index is 5.85. The Kier molecular flexibility index (Phi) is 5.16. The molecule has 16 heavy (non-hydrogen) atoms. The molecule has 1 aromatic rings. The first-order valence-electron chi connectivity index (χ1n) is 5.49. The number of nitrogens with one attached hydrogen (secondary N) is 1. The summed E-state index contributed by atoms with van der Waals surface area (Å²) in [6.07, 6.45) is 0. The molecule has 0 saturated heterocycles. The molecule has 0 spiro atoms. The minimum atomic E-state index is 0.286. The highest BCUT2D eigenvalue weighted by atomic mass is 35.5. The molecule has 1 unspecified atom stereocenters. The highest BCUT2D eigenvalue weighted by Gasteiger charge is 2.22. The van der Waals surface area contributed by atoms with Crippen molar-refractivity contribution in [1.29, 1.82) is 0 Å². The van der Waals surface area contributed by atoms with Gasteiger partial charge in [-0.05, 0) is 36.7 Å². The fourth-order valence-electron chi connectivity index (χ4n) is 1.48. The van der Waals surface area contributed by atoms with Crippen LogP contribution >= 0.6 is 23.4 Å². The summed E-state index contributed by atoms with van der Waals surface area (Å²) in [4.78, 5) is 1.27. The van der Waals surface area contributed by atoms with Crippen molar-refractivity contribution in [3.63, 3.8) is 0 Å². The van der Waals surface area contributed by atoms with E-state index < -0.39 is 0 Å². The first-order chi connectivity index (χ1) is 7.43. The zero-order valence-corrected chi connectivity index (χ0v) is 12.0. The summed E-state index contributed by atoms with van der Waals surface area (Å²) in [5, 5.41) is 4.17. The number of rotatable bonds is 4. The summed E-state index contributed by atoms with van der Waals surface area (Å²) in [5.41, 5.74) is 0.286. The fraction of sp³-hybridized carbons (Fsp3) is 0.538. The number of hydrogen-bond donors (Lipinski definition) is 1. The van der Waals surface area contributed by atoms with Gasteiger partial charge >= 0.3 is 0 Å². The lowest BCUT2D eigenvalue weighted by atomic mass is 9.88. The molecule has 0 heterocycles. The third-order valence-electron chi connectivity index (χ3n) is 2.62.